The maximum Gasteiger partial charge on any atom is 0.174 e. The molecule has 2 rings (SSSR count). The first kappa shape index (κ1) is 11.9. The van der Waals surface area contributed by atoms with Crippen LogP contribution in [0.4, 0.5) is 5.69 Å². The molecular formula is C11H9IN4O. The van der Waals surface area contributed by atoms with Crippen LogP contribution in [0.2, 0.25) is 0 Å². The van der Waals surface area contributed by atoms with Gasteiger partial charge >= 0.3 is 0 Å². The summed E-state index contributed by atoms with van der Waals surface area (Å²) < 4.78 is 5.65. The molecule has 0 atom stereocenters. The van der Waals surface area contributed by atoms with Crippen molar-refractivity contribution < 1.29 is 4.74 Å². The third kappa shape index (κ3) is 3.19. The number of aromatic nitrogens is 3. The average Bonchev–Trinajstić information content (AvgIpc) is 2.37. The number of ether oxygens (including phenoxy) is 1. The number of halogens is 1. The molecular weight excluding hydrogens is 331 g/mol. The Morgan fingerprint density at radius 2 is 2.18 bits per heavy atom. The number of hydrogen-bond acceptors (Lipinski definition) is 5. The third-order valence-electron chi connectivity index (χ3n) is 1.96. The molecule has 2 aromatic rings. The lowest BCUT2D eigenvalue weighted by atomic mass is 10.2. The van der Waals surface area contributed by atoms with E-state index in [4.69, 9.17) is 4.74 Å². The van der Waals surface area contributed by atoms with Crippen LogP contribution in [-0.4, -0.2) is 28.5 Å². The van der Waals surface area contributed by atoms with Gasteiger partial charge in [0.05, 0.1) is 24.7 Å². The second-order valence-corrected chi connectivity index (χ2v) is 4.23. The zero-order valence-corrected chi connectivity index (χ0v) is 11.2. The van der Waals surface area contributed by atoms with Gasteiger partial charge < -0.3 is 4.74 Å². The summed E-state index contributed by atoms with van der Waals surface area (Å²) in [6.07, 6.45) is 6.29. The van der Waals surface area contributed by atoms with E-state index in [1.54, 1.807) is 19.5 Å². The van der Waals surface area contributed by atoms with E-state index in [-0.39, 0.29) is 0 Å². The maximum atomic E-state index is 4.76. The molecule has 0 aliphatic heterocycles. The Bertz CT molecular complexity index is 544. The fourth-order valence-corrected chi connectivity index (χ4v) is 1.66. The Balaban J connectivity index is 2.36. The largest absolute Gasteiger partial charge is 0.486 e. The Hall–Kier alpha value is -1.57. The summed E-state index contributed by atoms with van der Waals surface area (Å²) in [5, 5.41) is 0. The fourth-order valence-electron chi connectivity index (χ4n) is 1.24. The van der Waals surface area contributed by atoms with Crippen molar-refractivity contribution in [3.8, 4) is 11.3 Å². The molecule has 0 aliphatic rings. The van der Waals surface area contributed by atoms with Gasteiger partial charge in [0, 0.05) is 11.8 Å². The topological polar surface area (TPSA) is 60.3 Å². The zero-order chi connectivity index (χ0) is 12.1. The normalized spacial score (nSPS) is 10.7. The molecule has 0 N–H and O–H groups in total. The van der Waals surface area contributed by atoms with Gasteiger partial charge in [-0.3, -0.25) is 4.98 Å². The van der Waals surface area contributed by atoms with Crippen molar-refractivity contribution >= 4 is 34.7 Å². The summed E-state index contributed by atoms with van der Waals surface area (Å²) in [5.74, 6) is 0. The first-order valence-electron chi connectivity index (χ1n) is 4.78. The molecule has 17 heavy (non-hydrogen) atoms. The smallest absolute Gasteiger partial charge is 0.174 e. The molecule has 0 radical (unpaired) electrons. The minimum absolute atomic E-state index is 0.720. The van der Waals surface area contributed by atoms with E-state index in [0.29, 0.717) is 0 Å². The minimum Gasteiger partial charge on any atom is -0.486 e. The van der Waals surface area contributed by atoms with Crippen molar-refractivity contribution in [3.63, 3.8) is 0 Å². The Labute approximate surface area is 112 Å². The number of rotatable bonds is 3. The highest BCUT2D eigenvalue weighted by molar-refractivity contribution is 14.1. The van der Waals surface area contributed by atoms with Crippen LogP contribution in [0.15, 0.2) is 35.8 Å². The van der Waals surface area contributed by atoms with Gasteiger partial charge in [-0.1, -0.05) is 0 Å². The lowest BCUT2D eigenvalue weighted by Crippen LogP contribution is -1.88. The van der Waals surface area contributed by atoms with Crippen LogP contribution >= 0.6 is 22.6 Å². The summed E-state index contributed by atoms with van der Waals surface area (Å²) in [4.78, 5) is 16.4. The number of pyridine rings is 1. The van der Waals surface area contributed by atoms with Gasteiger partial charge in [0.1, 0.15) is 10.0 Å². The number of hydrogen-bond donors (Lipinski definition) is 0. The van der Waals surface area contributed by atoms with Gasteiger partial charge in [0.2, 0.25) is 0 Å². The van der Waals surface area contributed by atoms with Crippen molar-refractivity contribution in [1.29, 1.82) is 0 Å². The van der Waals surface area contributed by atoms with Crippen LogP contribution in [-0.2, 0) is 4.74 Å². The van der Waals surface area contributed by atoms with Crippen molar-refractivity contribution in [2.45, 2.75) is 0 Å². The van der Waals surface area contributed by atoms with Crippen LogP contribution in [0.1, 0.15) is 0 Å². The van der Waals surface area contributed by atoms with Gasteiger partial charge in [-0.2, -0.15) is 0 Å². The molecule has 0 saturated heterocycles. The lowest BCUT2D eigenvalue weighted by molar-refractivity contribution is 0.423. The molecule has 86 valence electrons. The van der Waals surface area contributed by atoms with Gasteiger partial charge in [-0.05, 0) is 34.7 Å². The Kier molecular flexibility index (Phi) is 3.97. The molecule has 2 heterocycles. The SMILES string of the molecule is COC=Nc1cncc(-c2cc(I)ncn2)c1. The van der Waals surface area contributed by atoms with E-state index in [0.717, 1.165) is 20.6 Å². The summed E-state index contributed by atoms with van der Waals surface area (Å²) in [7, 11) is 1.55. The van der Waals surface area contributed by atoms with E-state index in [1.807, 2.05) is 12.1 Å². The van der Waals surface area contributed by atoms with Crippen LogP contribution in [0.5, 0.6) is 0 Å². The zero-order valence-electron chi connectivity index (χ0n) is 9.04. The van der Waals surface area contributed by atoms with Crippen molar-refractivity contribution in [1.82, 2.24) is 15.0 Å². The molecule has 0 amide bonds. The van der Waals surface area contributed by atoms with Crippen molar-refractivity contribution in [2.24, 2.45) is 4.99 Å². The lowest BCUT2D eigenvalue weighted by Gasteiger charge is -2.01. The number of nitrogens with zero attached hydrogens (tertiary/aromatic N) is 4. The molecule has 0 spiro atoms. The molecule has 6 heteroatoms. The predicted octanol–water partition coefficient (Wildman–Crippen LogP) is 2.45. The number of aliphatic imine (C=N–C) groups is 1. The fraction of sp³-hybridized carbons (Fsp3) is 0.0909. The van der Waals surface area contributed by atoms with Gasteiger partial charge in [-0.25, -0.2) is 15.0 Å². The minimum atomic E-state index is 0.720. The van der Waals surface area contributed by atoms with Crippen molar-refractivity contribution in [2.75, 3.05) is 7.11 Å². The second kappa shape index (κ2) is 5.67. The van der Waals surface area contributed by atoms with Crippen LogP contribution in [0.3, 0.4) is 0 Å². The summed E-state index contributed by atoms with van der Waals surface area (Å²) in [5.41, 5.74) is 2.44. The first-order chi connectivity index (χ1) is 8.29. The Morgan fingerprint density at radius 3 is 2.94 bits per heavy atom. The van der Waals surface area contributed by atoms with Gasteiger partial charge in [0.15, 0.2) is 6.40 Å². The summed E-state index contributed by atoms with van der Waals surface area (Å²) in [6.45, 7) is 0. The number of methoxy groups -OCH3 is 1. The van der Waals surface area contributed by atoms with E-state index < -0.39 is 0 Å². The van der Waals surface area contributed by atoms with Gasteiger partial charge in [-0.15, -0.1) is 0 Å². The molecule has 0 saturated carbocycles. The van der Waals surface area contributed by atoms with Crippen LogP contribution in [0.25, 0.3) is 11.3 Å². The summed E-state index contributed by atoms with van der Waals surface area (Å²) in [6, 6.07) is 3.78. The molecule has 0 aromatic carbocycles. The molecule has 0 aliphatic carbocycles. The second-order valence-electron chi connectivity index (χ2n) is 3.13. The molecule has 5 nitrogen and oxygen atoms in total. The van der Waals surface area contributed by atoms with E-state index in [9.17, 15) is 0 Å². The predicted molar refractivity (Wildman–Crippen MR) is 73.1 cm³/mol. The van der Waals surface area contributed by atoms with E-state index >= 15 is 0 Å². The quantitative estimate of drug-likeness (QED) is 0.373. The average molecular weight is 340 g/mol. The molecule has 2 aromatic heterocycles. The van der Waals surface area contributed by atoms with Gasteiger partial charge in [0.25, 0.3) is 0 Å². The molecule has 0 unspecified atom stereocenters. The van der Waals surface area contributed by atoms with E-state index in [1.165, 1.54) is 12.7 Å². The monoisotopic (exact) mass is 340 g/mol. The highest BCUT2D eigenvalue weighted by Crippen LogP contribution is 2.21. The highest BCUT2D eigenvalue weighted by atomic mass is 127. The Morgan fingerprint density at radius 1 is 1.29 bits per heavy atom. The molecule has 0 fully saturated rings. The highest BCUT2D eigenvalue weighted by Gasteiger charge is 2.02. The van der Waals surface area contributed by atoms with Crippen LogP contribution in [0, 0.1) is 3.70 Å². The summed E-state index contributed by atoms with van der Waals surface area (Å²) >= 11 is 2.14. The maximum absolute atomic E-state index is 4.76. The van der Waals surface area contributed by atoms with Crippen molar-refractivity contribution in [3.05, 3.63) is 34.6 Å². The standard InChI is InChI=1S/C11H9IN4O/c1-17-7-16-9-2-8(4-13-5-9)10-3-11(12)15-6-14-10/h2-7H,1H3. The third-order valence-corrected chi connectivity index (χ3v) is 2.55. The van der Waals surface area contributed by atoms with Crippen LogP contribution < -0.4 is 0 Å². The first-order valence-corrected chi connectivity index (χ1v) is 5.86. The van der Waals surface area contributed by atoms with E-state index in [2.05, 4.69) is 42.5 Å². The molecule has 0 bridgehead atoms.